The number of nitrogens with zero attached hydrogens (tertiary/aromatic N) is 2. The topological polar surface area (TPSA) is 54.5 Å². The predicted octanol–water partition coefficient (Wildman–Crippen LogP) is 3.05. The summed E-state index contributed by atoms with van der Waals surface area (Å²) >= 11 is 1.69. The van der Waals surface area contributed by atoms with Gasteiger partial charge in [-0.25, -0.2) is 4.98 Å². The Bertz CT molecular complexity index is 690. The Morgan fingerprint density at radius 1 is 1.39 bits per heavy atom. The standard InChI is InChI=1S/C17H23N3O2S/c1-11(2)18-16(21)12-6-8-20(9-7-12)17-19-14-5-4-13(22-3)10-15(14)23-17/h4-5,10-12H,6-9H2,1-3H3,(H,18,21). The van der Waals surface area contributed by atoms with Crippen LogP contribution in [0.1, 0.15) is 26.7 Å². The summed E-state index contributed by atoms with van der Waals surface area (Å²) in [7, 11) is 1.68. The van der Waals surface area contributed by atoms with E-state index in [-0.39, 0.29) is 17.9 Å². The highest BCUT2D eigenvalue weighted by Gasteiger charge is 2.26. The maximum Gasteiger partial charge on any atom is 0.223 e. The van der Waals surface area contributed by atoms with Gasteiger partial charge in [-0.05, 0) is 44.9 Å². The van der Waals surface area contributed by atoms with E-state index in [4.69, 9.17) is 9.72 Å². The number of nitrogens with one attached hydrogen (secondary N) is 1. The zero-order valence-corrected chi connectivity index (χ0v) is 14.7. The average molecular weight is 333 g/mol. The minimum absolute atomic E-state index is 0.128. The molecule has 1 aromatic heterocycles. The molecular formula is C17H23N3O2S. The van der Waals surface area contributed by atoms with Crippen molar-refractivity contribution in [3.8, 4) is 5.75 Å². The number of hydrogen-bond donors (Lipinski definition) is 1. The summed E-state index contributed by atoms with van der Waals surface area (Å²) in [6.45, 7) is 5.77. The number of benzene rings is 1. The third kappa shape index (κ3) is 3.58. The van der Waals surface area contributed by atoms with Gasteiger partial charge in [-0.3, -0.25) is 4.79 Å². The van der Waals surface area contributed by atoms with Gasteiger partial charge in [0.25, 0.3) is 0 Å². The van der Waals surface area contributed by atoms with E-state index in [1.165, 1.54) is 0 Å². The molecule has 23 heavy (non-hydrogen) atoms. The first kappa shape index (κ1) is 16.1. The van der Waals surface area contributed by atoms with Crippen LogP contribution in [0.2, 0.25) is 0 Å². The molecule has 0 saturated carbocycles. The fourth-order valence-electron chi connectivity index (χ4n) is 2.89. The molecule has 1 saturated heterocycles. The van der Waals surface area contributed by atoms with Crippen molar-refractivity contribution < 1.29 is 9.53 Å². The van der Waals surface area contributed by atoms with Crippen LogP contribution in [-0.4, -0.2) is 37.1 Å². The van der Waals surface area contributed by atoms with Gasteiger partial charge in [-0.2, -0.15) is 0 Å². The quantitative estimate of drug-likeness (QED) is 0.934. The molecule has 1 aliphatic rings. The highest BCUT2D eigenvalue weighted by Crippen LogP contribution is 2.33. The van der Waals surface area contributed by atoms with Gasteiger partial charge < -0.3 is 15.0 Å². The lowest BCUT2D eigenvalue weighted by atomic mass is 9.96. The Hall–Kier alpha value is -1.82. The zero-order valence-electron chi connectivity index (χ0n) is 13.8. The summed E-state index contributed by atoms with van der Waals surface area (Å²) in [6.07, 6.45) is 1.77. The maximum atomic E-state index is 12.1. The fraction of sp³-hybridized carbons (Fsp3) is 0.529. The fourth-order valence-corrected chi connectivity index (χ4v) is 3.94. The Morgan fingerprint density at radius 3 is 2.78 bits per heavy atom. The molecule has 5 nitrogen and oxygen atoms in total. The summed E-state index contributed by atoms with van der Waals surface area (Å²) in [5, 5.41) is 4.05. The maximum absolute atomic E-state index is 12.1. The van der Waals surface area contributed by atoms with Gasteiger partial charge in [-0.15, -0.1) is 0 Å². The van der Waals surface area contributed by atoms with E-state index in [0.717, 1.165) is 47.0 Å². The summed E-state index contributed by atoms with van der Waals surface area (Å²) in [5.41, 5.74) is 1.01. The second kappa shape index (κ2) is 6.74. The molecule has 124 valence electrons. The van der Waals surface area contributed by atoms with Crippen LogP contribution in [0.5, 0.6) is 5.75 Å². The van der Waals surface area contributed by atoms with Crippen molar-refractivity contribution in [3.05, 3.63) is 18.2 Å². The highest BCUT2D eigenvalue weighted by molar-refractivity contribution is 7.22. The first-order chi connectivity index (χ1) is 11.1. The Balaban J connectivity index is 1.66. The van der Waals surface area contributed by atoms with Crippen LogP contribution in [-0.2, 0) is 4.79 Å². The van der Waals surface area contributed by atoms with Gasteiger partial charge in [-0.1, -0.05) is 11.3 Å². The van der Waals surface area contributed by atoms with Crippen LogP contribution in [0, 0.1) is 5.92 Å². The highest BCUT2D eigenvalue weighted by atomic mass is 32.1. The molecule has 0 spiro atoms. The molecule has 1 aliphatic heterocycles. The number of methoxy groups -OCH3 is 1. The molecule has 3 rings (SSSR count). The van der Waals surface area contributed by atoms with E-state index in [1.807, 2.05) is 32.0 Å². The third-order valence-electron chi connectivity index (χ3n) is 4.15. The number of anilines is 1. The van der Waals surface area contributed by atoms with Crippen LogP contribution < -0.4 is 15.0 Å². The number of piperidine rings is 1. The van der Waals surface area contributed by atoms with Crippen molar-refractivity contribution in [1.82, 2.24) is 10.3 Å². The van der Waals surface area contributed by atoms with Crippen LogP contribution in [0.25, 0.3) is 10.2 Å². The molecule has 0 bridgehead atoms. The van der Waals surface area contributed by atoms with E-state index in [2.05, 4.69) is 10.2 Å². The van der Waals surface area contributed by atoms with Crippen molar-refractivity contribution in [2.24, 2.45) is 5.92 Å². The van der Waals surface area contributed by atoms with Gasteiger partial charge >= 0.3 is 0 Å². The lowest BCUT2D eigenvalue weighted by Crippen LogP contribution is -2.42. The Kier molecular flexibility index (Phi) is 4.71. The van der Waals surface area contributed by atoms with Crippen molar-refractivity contribution in [2.45, 2.75) is 32.7 Å². The number of amides is 1. The average Bonchev–Trinajstić information content (AvgIpc) is 2.97. The van der Waals surface area contributed by atoms with Crippen molar-refractivity contribution in [3.63, 3.8) is 0 Å². The summed E-state index contributed by atoms with van der Waals surface area (Å²) < 4.78 is 6.41. The first-order valence-corrected chi connectivity index (χ1v) is 8.88. The number of carbonyl (C=O) groups excluding carboxylic acids is 1. The molecular weight excluding hydrogens is 310 g/mol. The minimum atomic E-state index is 0.128. The second-order valence-electron chi connectivity index (χ2n) is 6.25. The van der Waals surface area contributed by atoms with E-state index in [1.54, 1.807) is 18.4 Å². The third-order valence-corrected chi connectivity index (χ3v) is 5.23. The number of ether oxygens (including phenoxy) is 1. The second-order valence-corrected chi connectivity index (χ2v) is 7.26. The molecule has 0 atom stereocenters. The summed E-state index contributed by atoms with van der Waals surface area (Å²) in [5.74, 6) is 1.17. The van der Waals surface area contributed by atoms with E-state index < -0.39 is 0 Å². The van der Waals surface area contributed by atoms with E-state index >= 15 is 0 Å². The molecule has 1 aromatic carbocycles. The molecule has 2 heterocycles. The number of aromatic nitrogens is 1. The van der Waals surface area contributed by atoms with Crippen molar-refractivity contribution in [1.29, 1.82) is 0 Å². The molecule has 1 amide bonds. The van der Waals surface area contributed by atoms with Crippen LogP contribution in [0.15, 0.2) is 18.2 Å². The number of thiazole rings is 1. The lowest BCUT2D eigenvalue weighted by Gasteiger charge is -2.31. The van der Waals surface area contributed by atoms with Gasteiger partial charge in [0.05, 0.1) is 17.3 Å². The van der Waals surface area contributed by atoms with Gasteiger partial charge in [0.2, 0.25) is 5.91 Å². The SMILES string of the molecule is COc1ccc2nc(N3CCC(C(=O)NC(C)C)CC3)sc2c1. The normalized spacial score (nSPS) is 16.1. The monoisotopic (exact) mass is 333 g/mol. The van der Waals surface area contributed by atoms with Gasteiger partial charge in [0, 0.05) is 25.0 Å². The van der Waals surface area contributed by atoms with Crippen LogP contribution in [0.4, 0.5) is 5.13 Å². The predicted molar refractivity (Wildman–Crippen MR) is 94.4 cm³/mol. The van der Waals surface area contributed by atoms with Gasteiger partial charge in [0.15, 0.2) is 5.13 Å². The Labute approximate surface area is 140 Å². The lowest BCUT2D eigenvalue weighted by molar-refractivity contribution is -0.126. The number of hydrogen-bond acceptors (Lipinski definition) is 5. The number of rotatable bonds is 4. The molecule has 1 fully saturated rings. The minimum Gasteiger partial charge on any atom is -0.497 e. The Morgan fingerprint density at radius 2 is 2.13 bits per heavy atom. The zero-order chi connectivity index (χ0) is 16.4. The van der Waals surface area contributed by atoms with Crippen molar-refractivity contribution in [2.75, 3.05) is 25.1 Å². The van der Waals surface area contributed by atoms with Crippen LogP contribution in [0.3, 0.4) is 0 Å². The molecule has 1 N–H and O–H groups in total. The van der Waals surface area contributed by atoms with E-state index in [0.29, 0.717) is 0 Å². The smallest absolute Gasteiger partial charge is 0.223 e. The van der Waals surface area contributed by atoms with Crippen LogP contribution >= 0.6 is 11.3 Å². The van der Waals surface area contributed by atoms with E-state index in [9.17, 15) is 4.79 Å². The summed E-state index contributed by atoms with van der Waals surface area (Å²) in [6, 6.07) is 6.17. The molecule has 2 aromatic rings. The number of fused-ring (bicyclic) bond motifs is 1. The molecule has 6 heteroatoms. The van der Waals surface area contributed by atoms with Crippen molar-refractivity contribution >= 4 is 32.6 Å². The molecule has 0 aliphatic carbocycles. The largest absolute Gasteiger partial charge is 0.497 e. The molecule has 0 unspecified atom stereocenters. The van der Waals surface area contributed by atoms with Gasteiger partial charge in [0.1, 0.15) is 5.75 Å². The first-order valence-electron chi connectivity index (χ1n) is 8.06. The molecule has 0 radical (unpaired) electrons. The summed E-state index contributed by atoms with van der Waals surface area (Å²) in [4.78, 5) is 19.1. The number of carbonyl (C=O) groups is 1.